The fraction of sp³-hybridized carbons (Fsp3) is 0.444. The van der Waals surface area contributed by atoms with E-state index in [1.807, 2.05) is 0 Å². The van der Waals surface area contributed by atoms with Gasteiger partial charge in [-0.2, -0.15) is 6.92 Å². The number of hydrogen-bond donors (Lipinski definition) is 2. The van der Waals surface area contributed by atoms with Crippen LogP contribution in [0.5, 0.6) is 0 Å². The summed E-state index contributed by atoms with van der Waals surface area (Å²) in [6.45, 7) is 4.89. The normalized spacial score (nSPS) is 9.85. The van der Waals surface area contributed by atoms with Gasteiger partial charge in [0.05, 0.1) is 5.00 Å². The van der Waals surface area contributed by atoms with Gasteiger partial charge in [0.25, 0.3) is 0 Å². The minimum Gasteiger partial charge on any atom is -0.524 e. The molecule has 0 atom stereocenters. The molecular formula is C9H15N2SY-. The van der Waals surface area contributed by atoms with Gasteiger partial charge in [0, 0.05) is 37.6 Å². The molecule has 71 valence electrons. The monoisotopic (exact) mass is 272 g/mol. The standard InChI is InChI=1S/C9H15N2S.Y/c1-7(5-6-10)11-9-4-3-8(2)12-9;/h3-4,11H,5-6,10H2,1-2H3;/q-1;. The molecule has 2 nitrogen and oxygen atoms in total. The van der Waals surface area contributed by atoms with Crippen molar-refractivity contribution in [1.29, 1.82) is 0 Å². The number of anilines is 1. The van der Waals surface area contributed by atoms with E-state index in [1.165, 1.54) is 15.9 Å². The van der Waals surface area contributed by atoms with Gasteiger partial charge >= 0.3 is 0 Å². The predicted octanol–water partition coefficient (Wildman–Crippen LogP) is 2.37. The number of hydrogen-bond acceptors (Lipinski definition) is 3. The minimum atomic E-state index is 0. The van der Waals surface area contributed by atoms with E-state index in [-0.39, 0.29) is 32.7 Å². The average Bonchev–Trinajstić information content (AvgIpc) is 2.36. The van der Waals surface area contributed by atoms with Crippen molar-refractivity contribution in [2.75, 3.05) is 11.9 Å². The summed E-state index contributed by atoms with van der Waals surface area (Å²) in [7, 11) is 0. The van der Waals surface area contributed by atoms with Crippen LogP contribution in [0.15, 0.2) is 12.1 Å². The number of aryl methyl sites for hydroxylation is 1. The largest absolute Gasteiger partial charge is 0.524 e. The molecule has 0 aliphatic carbocycles. The van der Waals surface area contributed by atoms with E-state index >= 15 is 0 Å². The van der Waals surface area contributed by atoms with Crippen molar-refractivity contribution < 1.29 is 32.7 Å². The van der Waals surface area contributed by atoms with Crippen LogP contribution in [0.4, 0.5) is 5.00 Å². The number of nitrogens with one attached hydrogen (secondary N) is 1. The van der Waals surface area contributed by atoms with E-state index in [0.29, 0.717) is 6.54 Å². The summed E-state index contributed by atoms with van der Waals surface area (Å²) in [6.07, 6.45) is 0.941. The first-order chi connectivity index (χ1) is 5.72. The molecule has 0 amide bonds. The molecule has 0 unspecified atom stereocenters. The van der Waals surface area contributed by atoms with Crippen LogP contribution in [-0.2, 0) is 32.7 Å². The molecule has 0 saturated heterocycles. The quantitative estimate of drug-likeness (QED) is 0.826. The SMILES string of the molecule is Cc1ccc(N[C-](C)CCN)s1.[Y]. The van der Waals surface area contributed by atoms with Gasteiger partial charge < -0.3 is 11.1 Å². The van der Waals surface area contributed by atoms with Gasteiger partial charge in [-0.05, 0) is 25.6 Å². The molecule has 1 radical (unpaired) electrons. The van der Waals surface area contributed by atoms with Gasteiger partial charge in [0.2, 0.25) is 0 Å². The van der Waals surface area contributed by atoms with Crippen LogP contribution in [-0.4, -0.2) is 6.54 Å². The van der Waals surface area contributed by atoms with Crippen LogP contribution in [0, 0.1) is 13.0 Å². The molecular weight excluding hydrogens is 257 g/mol. The maximum absolute atomic E-state index is 5.43. The van der Waals surface area contributed by atoms with Gasteiger partial charge in [0.15, 0.2) is 0 Å². The van der Waals surface area contributed by atoms with Crippen molar-refractivity contribution in [1.82, 2.24) is 0 Å². The second-order valence-electron chi connectivity index (χ2n) is 2.85. The summed E-state index contributed by atoms with van der Waals surface area (Å²) < 4.78 is 0. The van der Waals surface area contributed by atoms with Crippen molar-refractivity contribution in [2.45, 2.75) is 20.3 Å². The molecule has 0 bridgehead atoms. The van der Waals surface area contributed by atoms with E-state index in [1.54, 1.807) is 11.3 Å². The molecule has 1 rings (SSSR count). The van der Waals surface area contributed by atoms with E-state index < -0.39 is 0 Å². The van der Waals surface area contributed by atoms with Gasteiger partial charge in [-0.15, -0.1) is 17.8 Å². The molecule has 0 aromatic carbocycles. The Hall–Kier alpha value is 0.564. The van der Waals surface area contributed by atoms with E-state index in [2.05, 4.69) is 31.3 Å². The first-order valence-electron chi connectivity index (χ1n) is 4.08. The smallest absolute Gasteiger partial charge is 0.0594 e. The van der Waals surface area contributed by atoms with Crippen LogP contribution in [0.25, 0.3) is 0 Å². The van der Waals surface area contributed by atoms with Crippen LogP contribution in [0.2, 0.25) is 0 Å². The Morgan fingerprint density at radius 1 is 1.54 bits per heavy atom. The number of rotatable bonds is 4. The third-order valence-corrected chi connectivity index (χ3v) is 2.51. The Morgan fingerprint density at radius 2 is 2.23 bits per heavy atom. The van der Waals surface area contributed by atoms with Crippen molar-refractivity contribution in [3.8, 4) is 0 Å². The third kappa shape index (κ3) is 5.11. The molecule has 1 heterocycles. The minimum absolute atomic E-state index is 0. The molecule has 1 aromatic heterocycles. The zero-order valence-corrected chi connectivity index (χ0v) is 11.8. The molecule has 0 saturated carbocycles. The van der Waals surface area contributed by atoms with Crippen molar-refractivity contribution in [3.63, 3.8) is 0 Å². The fourth-order valence-electron chi connectivity index (χ4n) is 0.991. The molecule has 0 aliphatic heterocycles. The molecule has 0 aliphatic rings. The summed E-state index contributed by atoms with van der Waals surface area (Å²) in [5, 5.41) is 4.53. The second-order valence-corrected chi connectivity index (χ2v) is 4.14. The second kappa shape index (κ2) is 6.94. The van der Waals surface area contributed by atoms with Gasteiger partial charge in [-0.25, -0.2) is 6.04 Å². The summed E-state index contributed by atoms with van der Waals surface area (Å²) >= 11 is 1.77. The Kier molecular flexibility index (Phi) is 7.24. The van der Waals surface area contributed by atoms with Crippen LogP contribution >= 0.6 is 11.3 Å². The first-order valence-corrected chi connectivity index (χ1v) is 4.90. The summed E-state index contributed by atoms with van der Waals surface area (Å²) in [6, 6.07) is 5.45. The van der Waals surface area contributed by atoms with E-state index in [0.717, 1.165) is 6.42 Å². The summed E-state index contributed by atoms with van der Waals surface area (Å²) in [4.78, 5) is 1.33. The van der Waals surface area contributed by atoms with Crippen molar-refractivity contribution in [2.24, 2.45) is 5.73 Å². The molecule has 0 spiro atoms. The Bertz CT molecular complexity index is 237. The summed E-state index contributed by atoms with van der Waals surface area (Å²) in [5.41, 5.74) is 5.43. The van der Waals surface area contributed by atoms with Crippen LogP contribution < -0.4 is 11.1 Å². The van der Waals surface area contributed by atoms with E-state index in [4.69, 9.17) is 5.73 Å². The van der Waals surface area contributed by atoms with Crippen molar-refractivity contribution >= 4 is 16.3 Å². The Morgan fingerprint density at radius 3 is 2.69 bits per heavy atom. The maximum atomic E-state index is 5.43. The third-order valence-electron chi connectivity index (χ3n) is 1.60. The van der Waals surface area contributed by atoms with Gasteiger partial charge in [-0.3, -0.25) is 0 Å². The Balaban J connectivity index is 0.00000144. The maximum Gasteiger partial charge on any atom is 0.0594 e. The molecule has 1 aromatic rings. The first kappa shape index (κ1) is 13.6. The zero-order valence-electron chi connectivity index (χ0n) is 8.13. The molecule has 4 heteroatoms. The topological polar surface area (TPSA) is 38.0 Å². The van der Waals surface area contributed by atoms with E-state index in [9.17, 15) is 0 Å². The van der Waals surface area contributed by atoms with Crippen molar-refractivity contribution in [3.05, 3.63) is 23.1 Å². The average molecular weight is 272 g/mol. The zero-order chi connectivity index (χ0) is 8.97. The van der Waals surface area contributed by atoms with Crippen LogP contribution in [0.1, 0.15) is 18.2 Å². The number of thiophene rings is 1. The van der Waals surface area contributed by atoms with Crippen LogP contribution in [0.3, 0.4) is 0 Å². The summed E-state index contributed by atoms with van der Waals surface area (Å²) in [5.74, 6) is 0. The molecule has 13 heavy (non-hydrogen) atoms. The van der Waals surface area contributed by atoms with Gasteiger partial charge in [0.1, 0.15) is 0 Å². The number of nitrogens with two attached hydrogens (primary N) is 1. The predicted molar refractivity (Wildman–Crippen MR) is 55.3 cm³/mol. The molecule has 0 fully saturated rings. The molecule has 3 N–H and O–H groups in total. The fourth-order valence-corrected chi connectivity index (χ4v) is 1.84. The Labute approximate surface area is 109 Å². The van der Waals surface area contributed by atoms with Gasteiger partial charge in [-0.1, -0.05) is 0 Å².